The SMILES string of the molecule is O=S1(=O)CCC(Nc2ccc(Sc3ncn[nH]3)cc2)CC1. The van der Waals surface area contributed by atoms with Crippen LogP contribution >= 0.6 is 11.8 Å². The number of anilines is 1. The van der Waals surface area contributed by atoms with Gasteiger partial charge in [-0.15, -0.1) is 0 Å². The van der Waals surface area contributed by atoms with Crippen molar-refractivity contribution < 1.29 is 8.42 Å². The zero-order chi connectivity index (χ0) is 14.7. The van der Waals surface area contributed by atoms with E-state index < -0.39 is 9.84 Å². The van der Waals surface area contributed by atoms with E-state index in [1.807, 2.05) is 24.3 Å². The molecular formula is C13H16N4O2S2. The molecule has 0 unspecified atom stereocenters. The maximum Gasteiger partial charge on any atom is 0.188 e. The molecule has 3 rings (SSSR count). The van der Waals surface area contributed by atoms with E-state index >= 15 is 0 Å². The third kappa shape index (κ3) is 3.98. The Morgan fingerprint density at radius 3 is 2.52 bits per heavy atom. The van der Waals surface area contributed by atoms with Crippen LogP contribution in [0.2, 0.25) is 0 Å². The van der Waals surface area contributed by atoms with Crippen LogP contribution in [-0.2, 0) is 9.84 Å². The van der Waals surface area contributed by atoms with Crippen molar-refractivity contribution in [3.8, 4) is 0 Å². The molecule has 0 bridgehead atoms. The van der Waals surface area contributed by atoms with Crippen molar-refractivity contribution in [3.63, 3.8) is 0 Å². The fraction of sp³-hybridized carbons (Fsp3) is 0.385. The van der Waals surface area contributed by atoms with Crippen LogP contribution in [0.25, 0.3) is 0 Å². The first-order chi connectivity index (χ1) is 10.1. The number of hydrogen-bond acceptors (Lipinski definition) is 6. The molecule has 0 aliphatic carbocycles. The summed E-state index contributed by atoms with van der Waals surface area (Å²) in [4.78, 5) is 5.14. The summed E-state index contributed by atoms with van der Waals surface area (Å²) in [5.41, 5.74) is 1.02. The van der Waals surface area contributed by atoms with Gasteiger partial charge in [-0.2, -0.15) is 5.10 Å². The van der Waals surface area contributed by atoms with Crippen LogP contribution in [-0.4, -0.2) is 41.1 Å². The molecule has 0 atom stereocenters. The molecular weight excluding hydrogens is 308 g/mol. The highest BCUT2D eigenvalue weighted by molar-refractivity contribution is 7.99. The predicted octanol–water partition coefficient (Wildman–Crippen LogP) is 1.94. The first-order valence-electron chi connectivity index (χ1n) is 6.71. The Bertz CT molecular complexity index is 669. The van der Waals surface area contributed by atoms with E-state index in [-0.39, 0.29) is 17.5 Å². The summed E-state index contributed by atoms with van der Waals surface area (Å²) in [6.07, 6.45) is 2.84. The van der Waals surface area contributed by atoms with Crippen LogP contribution in [0.1, 0.15) is 12.8 Å². The Labute approximate surface area is 127 Å². The van der Waals surface area contributed by atoms with Crippen molar-refractivity contribution in [1.82, 2.24) is 15.2 Å². The van der Waals surface area contributed by atoms with Crippen molar-refractivity contribution in [3.05, 3.63) is 30.6 Å². The van der Waals surface area contributed by atoms with Crippen LogP contribution in [0, 0.1) is 0 Å². The molecule has 1 saturated heterocycles. The molecule has 1 aliphatic heterocycles. The van der Waals surface area contributed by atoms with Crippen LogP contribution in [0.4, 0.5) is 5.69 Å². The molecule has 112 valence electrons. The number of aromatic amines is 1. The average Bonchev–Trinajstić information content (AvgIpc) is 2.96. The van der Waals surface area contributed by atoms with Crippen molar-refractivity contribution in [1.29, 1.82) is 0 Å². The van der Waals surface area contributed by atoms with Crippen molar-refractivity contribution in [2.75, 3.05) is 16.8 Å². The Balaban J connectivity index is 1.57. The largest absolute Gasteiger partial charge is 0.382 e. The van der Waals surface area contributed by atoms with Gasteiger partial charge in [0.1, 0.15) is 16.2 Å². The third-order valence-electron chi connectivity index (χ3n) is 3.39. The monoisotopic (exact) mass is 324 g/mol. The summed E-state index contributed by atoms with van der Waals surface area (Å²) in [6, 6.07) is 8.26. The number of sulfone groups is 1. The maximum absolute atomic E-state index is 11.4. The third-order valence-corrected chi connectivity index (χ3v) is 6.00. The van der Waals surface area contributed by atoms with Crippen molar-refractivity contribution >= 4 is 27.3 Å². The van der Waals surface area contributed by atoms with Crippen molar-refractivity contribution in [2.24, 2.45) is 0 Å². The molecule has 6 nitrogen and oxygen atoms in total. The fourth-order valence-electron chi connectivity index (χ4n) is 2.24. The number of hydrogen-bond donors (Lipinski definition) is 2. The lowest BCUT2D eigenvalue weighted by atomic mass is 10.1. The molecule has 2 N–H and O–H groups in total. The number of aromatic nitrogens is 3. The van der Waals surface area contributed by atoms with Crippen LogP contribution in [0.5, 0.6) is 0 Å². The first-order valence-corrected chi connectivity index (χ1v) is 9.35. The normalized spacial score (nSPS) is 18.5. The average molecular weight is 324 g/mol. The highest BCUT2D eigenvalue weighted by Gasteiger charge is 2.23. The molecule has 0 amide bonds. The van der Waals surface area contributed by atoms with Crippen LogP contribution in [0.15, 0.2) is 40.6 Å². The smallest absolute Gasteiger partial charge is 0.188 e. The van der Waals surface area contributed by atoms with Gasteiger partial charge in [-0.05, 0) is 37.1 Å². The molecule has 0 spiro atoms. The molecule has 21 heavy (non-hydrogen) atoms. The quantitative estimate of drug-likeness (QED) is 0.894. The Morgan fingerprint density at radius 1 is 1.19 bits per heavy atom. The topological polar surface area (TPSA) is 87.7 Å². The van der Waals surface area contributed by atoms with Gasteiger partial charge in [0.25, 0.3) is 0 Å². The first kappa shape index (κ1) is 14.4. The minimum atomic E-state index is -2.80. The molecule has 0 radical (unpaired) electrons. The summed E-state index contributed by atoms with van der Waals surface area (Å²) in [5, 5.41) is 10.8. The van der Waals surface area contributed by atoms with E-state index in [2.05, 4.69) is 20.5 Å². The van der Waals surface area contributed by atoms with Gasteiger partial charge in [0.15, 0.2) is 5.16 Å². The van der Waals surface area contributed by atoms with Gasteiger partial charge >= 0.3 is 0 Å². The minimum absolute atomic E-state index is 0.237. The second-order valence-electron chi connectivity index (χ2n) is 4.99. The van der Waals surface area contributed by atoms with Gasteiger partial charge in [-0.1, -0.05) is 11.8 Å². The van der Waals surface area contributed by atoms with Gasteiger partial charge in [0.05, 0.1) is 11.5 Å². The number of benzene rings is 1. The molecule has 0 saturated carbocycles. The van der Waals surface area contributed by atoms with Gasteiger partial charge in [-0.25, -0.2) is 13.4 Å². The van der Waals surface area contributed by atoms with E-state index in [0.717, 1.165) is 15.7 Å². The molecule has 1 aromatic carbocycles. The summed E-state index contributed by atoms with van der Waals surface area (Å²) < 4.78 is 22.8. The lowest BCUT2D eigenvalue weighted by Crippen LogP contribution is -2.32. The van der Waals surface area contributed by atoms with E-state index in [1.165, 1.54) is 18.1 Å². The lowest BCUT2D eigenvalue weighted by molar-refractivity contribution is 0.559. The van der Waals surface area contributed by atoms with E-state index in [4.69, 9.17) is 0 Å². The number of rotatable bonds is 4. The highest BCUT2D eigenvalue weighted by Crippen LogP contribution is 2.26. The lowest BCUT2D eigenvalue weighted by Gasteiger charge is -2.24. The van der Waals surface area contributed by atoms with Gasteiger partial charge in [0.2, 0.25) is 0 Å². The van der Waals surface area contributed by atoms with E-state index in [1.54, 1.807) is 0 Å². The second kappa shape index (κ2) is 6.07. The fourth-order valence-corrected chi connectivity index (χ4v) is 4.43. The second-order valence-corrected chi connectivity index (χ2v) is 8.35. The standard InChI is InChI=1S/C13H16N4O2S2/c18-21(19)7-5-11(6-8-21)16-10-1-3-12(4-2-10)20-13-14-9-15-17-13/h1-4,9,11,16H,5-8H2,(H,14,15,17). The Morgan fingerprint density at radius 2 is 1.90 bits per heavy atom. The van der Waals surface area contributed by atoms with Gasteiger partial charge in [-0.3, -0.25) is 5.10 Å². The Kier molecular flexibility index (Phi) is 4.16. The molecule has 1 aromatic heterocycles. The number of H-pyrrole nitrogens is 1. The molecule has 1 aliphatic rings. The number of nitrogens with zero attached hydrogens (tertiary/aromatic N) is 2. The van der Waals surface area contributed by atoms with Crippen molar-refractivity contribution in [2.45, 2.75) is 28.9 Å². The summed E-state index contributed by atoms with van der Waals surface area (Å²) >= 11 is 1.51. The summed E-state index contributed by atoms with van der Waals surface area (Å²) in [5.74, 6) is 0.564. The Hall–Kier alpha value is -1.54. The summed E-state index contributed by atoms with van der Waals surface area (Å²) in [7, 11) is -2.80. The van der Waals surface area contributed by atoms with Gasteiger partial charge < -0.3 is 5.32 Å². The van der Waals surface area contributed by atoms with E-state index in [9.17, 15) is 8.42 Å². The molecule has 2 heterocycles. The zero-order valence-electron chi connectivity index (χ0n) is 11.3. The minimum Gasteiger partial charge on any atom is -0.382 e. The molecule has 8 heteroatoms. The van der Waals surface area contributed by atoms with E-state index in [0.29, 0.717) is 12.8 Å². The van der Waals surface area contributed by atoms with Gasteiger partial charge in [0, 0.05) is 16.6 Å². The predicted molar refractivity (Wildman–Crippen MR) is 82.2 cm³/mol. The highest BCUT2D eigenvalue weighted by atomic mass is 32.2. The van der Waals surface area contributed by atoms with Crippen LogP contribution < -0.4 is 5.32 Å². The summed E-state index contributed by atoms with van der Waals surface area (Å²) in [6.45, 7) is 0. The number of nitrogens with one attached hydrogen (secondary N) is 2. The maximum atomic E-state index is 11.4. The zero-order valence-corrected chi connectivity index (χ0v) is 13.0. The molecule has 1 fully saturated rings. The molecule has 2 aromatic rings. The van der Waals surface area contributed by atoms with Crippen LogP contribution in [0.3, 0.4) is 0 Å².